The van der Waals surface area contributed by atoms with Crippen LogP contribution in [-0.2, 0) is 19.6 Å². The minimum atomic E-state index is -4.01. The molecule has 0 saturated carbocycles. The Morgan fingerprint density at radius 1 is 1.26 bits per heavy atom. The molecule has 1 fully saturated rings. The molecule has 23 heavy (non-hydrogen) atoms. The first kappa shape index (κ1) is 17.8. The summed E-state index contributed by atoms with van der Waals surface area (Å²) >= 11 is 0. The number of carbonyl (C=O) groups is 1. The van der Waals surface area contributed by atoms with Crippen LogP contribution in [0.5, 0.6) is 0 Å². The summed E-state index contributed by atoms with van der Waals surface area (Å²) in [6, 6.07) is 1.75. The molecule has 1 amide bonds. The van der Waals surface area contributed by atoms with E-state index in [1.54, 1.807) is 4.90 Å². The van der Waals surface area contributed by atoms with Crippen LogP contribution in [0, 0.1) is 11.6 Å². The van der Waals surface area contributed by atoms with E-state index in [0.29, 0.717) is 32.0 Å². The van der Waals surface area contributed by atoms with Gasteiger partial charge in [0.15, 0.2) is 0 Å². The molecule has 0 bridgehead atoms. The first-order valence-corrected chi connectivity index (χ1v) is 8.55. The van der Waals surface area contributed by atoms with Gasteiger partial charge in [0.1, 0.15) is 18.2 Å². The molecule has 128 valence electrons. The molecule has 0 atom stereocenters. The van der Waals surface area contributed by atoms with E-state index in [1.165, 1.54) is 7.11 Å². The smallest absolute Gasteiger partial charge is 0.248 e. The molecule has 1 aliphatic rings. The minimum Gasteiger partial charge on any atom is -0.375 e. The van der Waals surface area contributed by atoms with Crippen molar-refractivity contribution in [1.29, 1.82) is 0 Å². The number of ether oxygens (including phenoxy) is 1. The van der Waals surface area contributed by atoms with Crippen molar-refractivity contribution < 1.29 is 26.7 Å². The Morgan fingerprint density at radius 2 is 1.83 bits per heavy atom. The predicted molar refractivity (Wildman–Crippen MR) is 78.2 cm³/mol. The van der Waals surface area contributed by atoms with Crippen LogP contribution in [0.2, 0.25) is 0 Å². The number of nitrogens with one attached hydrogen (secondary N) is 1. The highest BCUT2D eigenvalue weighted by Crippen LogP contribution is 2.17. The fourth-order valence-electron chi connectivity index (χ4n) is 2.43. The number of halogens is 2. The number of methoxy groups -OCH3 is 1. The van der Waals surface area contributed by atoms with Gasteiger partial charge in [-0.2, -0.15) is 0 Å². The molecule has 9 heteroatoms. The molecular formula is C14H18F2N2O4S. The molecule has 2 rings (SSSR count). The van der Waals surface area contributed by atoms with E-state index in [1.807, 2.05) is 0 Å². The number of nitrogens with zero attached hydrogens (tertiary/aromatic N) is 1. The molecular weight excluding hydrogens is 330 g/mol. The number of carbonyl (C=O) groups excluding carboxylic acids is 1. The summed E-state index contributed by atoms with van der Waals surface area (Å²) in [7, 11) is -2.58. The number of sulfonamides is 1. The standard InChI is InChI=1S/C14H18F2N2O4S/c1-22-9-14(19)18-4-2-12(3-5-18)17-23(20,21)13-7-10(15)6-11(16)8-13/h6-8,12,17H,2-5,9H2,1H3. The molecule has 0 radical (unpaired) electrons. The molecule has 1 aromatic rings. The third-order valence-corrected chi connectivity index (χ3v) is 5.08. The van der Waals surface area contributed by atoms with Crippen LogP contribution < -0.4 is 4.72 Å². The summed E-state index contributed by atoms with van der Waals surface area (Å²) in [5.41, 5.74) is 0. The number of piperidine rings is 1. The van der Waals surface area contributed by atoms with E-state index in [9.17, 15) is 22.0 Å². The number of amides is 1. The van der Waals surface area contributed by atoms with Crippen LogP contribution in [0.1, 0.15) is 12.8 Å². The zero-order chi connectivity index (χ0) is 17.0. The Morgan fingerprint density at radius 3 is 2.35 bits per heavy atom. The lowest BCUT2D eigenvalue weighted by Crippen LogP contribution is -2.47. The number of benzene rings is 1. The second kappa shape index (κ2) is 7.33. The molecule has 1 aliphatic heterocycles. The SMILES string of the molecule is COCC(=O)N1CCC(NS(=O)(=O)c2cc(F)cc(F)c2)CC1. The summed E-state index contributed by atoms with van der Waals surface area (Å²) < 4.78 is 57.9. The summed E-state index contributed by atoms with van der Waals surface area (Å²) in [5, 5.41) is 0. The molecule has 0 spiro atoms. The summed E-state index contributed by atoms with van der Waals surface area (Å²) in [5.74, 6) is -2.06. The van der Waals surface area contributed by atoms with Gasteiger partial charge in [-0.3, -0.25) is 4.79 Å². The van der Waals surface area contributed by atoms with Gasteiger partial charge in [-0.05, 0) is 25.0 Å². The molecule has 0 aliphatic carbocycles. The van der Waals surface area contributed by atoms with Crippen molar-refractivity contribution in [3.63, 3.8) is 0 Å². The number of hydrogen-bond acceptors (Lipinski definition) is 4. The van der Waals surface area contributed by atoms with Gasteiger partial charge in [0.05, 0.1) is 4.90 Å². The first-order chi connectivity index (χ1) is 10.8. The largest absolute Gasteiger partial charge is 0.375 e. The predicted octanol–water partition coefficient (Wildman–Crippen LogP) is 0.881. The maximum Gasteiger partial charge on any atom is 0.248 e. The Hall–Kier alpha value is -1.58. The van der Waals surface area contributed by atoms with Crippen molar-refractivity contribution in [2.75, 3.05) is 26.8 Å². The molecule has 1 N–H and O–H groups in total. The van der Waals surface area contributed by atoms with Gasteiger partial charge >= 0.3 is 0 Å². The van der Waals surface area contributed by atoms with Crippen LogP contribution in [-0.4, -0.2) is 52.1 Å². The van der Waals surface area contributed by atoms with Crippen molar-refractivity contribution in [2.45, 2.75) is 23.8 Å². The van der Waals surface area contributed by atoms with Gasteiger partial charge in [0.2, 0.25) is 15.9 Å². The molecule has 1 heterocycles. The van der Waals surface area contributed by atoms with E-state index in [4.69, 9.17) is 4.74 Å². The highest BCUT2D eigenvalue weighted by Gasteiger charge is 2.27. The van der Waals surface area contributed by atoms with Crippen LogP contribution >= 0.6 is 0 Å². The van der Waals surface area contributed by atoms with E-state index in [0.717, 1.165) is 12.1 Å². The monoisotopic (exact) mass is 348 g/mol. The van der Waals surface area contributed by atoms with Crippen LogP contribution in [0.4, 0.5) is 8.78 Å². The average Bonchev–Trinajstić information content (AvgIpc) is 2.47. The Labute approximate surface area is 133 Å². The van der Waals surface area contributed by atoms with Crippen molar-refractivity contribution in [2.24, 2.45) is 0 Å². The second-order valence-corrected chi connectivity index (χ2v) is 7.03. The number of likely N-dealkylation sites (tertiary alicyclic amines) is 1. The normalized spacial score (nSPS) is 16.6. The van der Waals surface area contributed by atoms with E-state index >= 15 is 0 Å². The highest BCUT2D eigenvalue weighted by atomic mass is 32.2. The average molecular weight is 348 g/mol. The number of hydrogen-bond donors (Lipinski definition) is 1. The molecule has 0 aromatic heterocycles. The summed E-state index contributed by atoms with van der Waals surface area (Å²) in [6.07, 6.45) is 0.846. The fourth-order valence-corrected chi connectivity index (χ4v) is 3.78. The topological polar surface area (TPSA) is 75.7 Å². The quantitative estimate of drug-likeness (QED) is 0.857. The van der Waals surface area contributed by atoms with E-state index < -0.39 is 32.6 Å². The lowest BCUT2D eigenvalue weighted by Gasteiger charge is -2.32. The van der Waals surface area contributed by atoms with Gasteiger partial charge in [-0.1, -0.05) is 0 Å². The van der Waals surface area contributed by atoms with Crippen LogP contribution in [0.25, 0.3) is 0 Å². The van der Waals surface area contributed by atoms with Gasteiger partial charge in [0, 0.05) is 32.3 Å². The molecule has 1 saturated heterocycles. The molecule has 6 nitrogen and oxygen atoms in total. The van der Waals surface area contributed by atoms with Crippen LogP contribution in [0.15, 0.2) is 23.1 Å². The van der Waals surface area contributed by atoms with Crippen LogP contribution in [0.3, 0.4) is 0 Å². The van der Waals surface area contributed by atoms with Gasteiger partial charge in [-0.15, -0.1) is 0 Å². The maximum atomic E-state index is 13.2. The van der Waals surface area contributed by atoms with Gasteiger partial charge < -0.3 is 9.64 Å². The van der Waals surface area contributed by atoms with Gasteiger partial charge in [0.25, 0.3) is 0 Å². The second-order valence-electron chi connectivity index (χ2n) is 5.31. The number of rotatable bonds is 5. The van der Waals surface area contributed by atoms with Crippen molar-refractivity contribution >= 4 is 15.9 Å². The van der Waals surface area contributed by atoms with Crippen molar-refractivity contribution in [1.82, 2.24) is 9.62 Å². The zero-order valence-corrected chi connectivity index (χ0v) is 13.4. The van der Waals surface area contributed by atoms with Gasteiger partial charge in [-0.25, -0.2) is 21.9 Å². The third-order valence-electron chi connectivity index (χ3n) is 3.58. The van der Waals surface area contributed by atoms with Crippen molar-refractivity contribution in [3.05, 3.63) is 29.8 Å². The zero-order valence-electron chi connectivity index (χ0n) is 12.6. The van der Waals surface area contributed by atoms with E-state index in [-0.39, 0.29) is 12.5 Å². The maximum absolute atomic E-state index is 13.2. The first-order valence-electron chi connectivity index (χ1n) is 7.07. The molecule has 1 aromatic carbocycles. The summed E-state index contributed by atoms with van der Waals surface area (Å²) in [4.78, 5) is 12.8. The Bertz CT molecular complexity index is 653. The Kier molecular flexibility index (Phi) is 5.66. The summed E-state index contributed by atoms with van der Waals surface area (Å²) in [6.45, 7) is 0.777. The Balaban J connectivity index is 1.99. The van der Waals surface area contributed by atoms with Crippen molar-refractivity contribution in [3.8, 4) is 0 Å². The minimum absolute atomic E-state index is 0.0149. The lowest BCUT2D eigenvalue weighted by molar-refractivity contribution is -0.136. The van der Waals surface area contributed by atoms with E-state index in [2.05, 4.69) is 4.72 Å². The highest BCUT2D eigenvalue weighted by molar-refractivity contribution is 7.89. The lowest BCUT2D eigenvalue weighted by atomic mass is 10.1. The molecule has 0 unspecified atom stereocenters. The third kappa shape index (κ3) is 4.69. The fraction of sp³-hybridized carbons (Fsp3) is 0.500.